The first-order valence-electron chi connectivity index (χ1n) is 10.8. The van der Waals surface area contributed by atoms with Crippen molar-refractivity contribution in [2.45, 2.75) is 36.3 Å². The van der Waals surface area contributed by atoms with Crippen molar-refractivity contribution in [3.8, 4) is 0 Å². The summed E-state index contributed by atoms with van der Waals surface area (Å²) in [6.45, 7) is 2.04. The Morgan fingerprint density at radius 1 is 0.909 bits per heavy atom. The van der Waals surface area contributed by atoms with Crippen LogP contribution in [0.4, 0.5) is 11.4 Å². The van der Waals surface area contributed by atoms with Crippen LogP contribution in [0.3, 0.4) is 0 Å². The summed E-state index contributed by atoms with van der Waals surface area (Å²) in [5.41, 5.74) is 7.58. The van der Waals surface area contributed by atoms with E-state index in [9.17, 15) is 14.4 Å². The van der Waals surface area contributed by atoms with Gasteiger partial charge in [0.2, 0.25) is 11.8 Å². The third kappa shape index (κ3) is 6.95. The fraction of sp³-hybridized carbons (Fsp3) is 0.192. The zero-order chi connectivity index (χ0) is 23.6. The van der Waals surface area contributed by atoms with Gasteiger partial charge in [-0.2, -0.15) is 0 Å². The zero-order valence-corrected chi connectivity index (χ0v) is 19.2. The Balaban J connectivity index is 1.83. The molecule has 0 aliphatic heterocycles. The van der Waals surface area contributed by atoms with E-state index in [0.29, 0.717) is 17.8 Å². The molecular formula is C26H27N3O3S. The third-order valence-electron chi connectivity index (χ3n) is 4.92. The molecule has 1 atom stereocenters. The van der Waals surface area contributed by atoms with Crippen molar-refractivity contribution in [2.24, 2.45) is 5.73 Å². The van der Waals surface area contributed by atoms with Gasteiger partial charge in [0.05, 0.1) is 11.3 Å². The fourth-order valence-corrected chi connectivity index (χ4v) is 4.33. The van der Waals surface area contributed by atoms with Crippen LogP contribution >= 0.6 is 11.8 Å². The Kier molecular flexibility index (Phi) is 8.66. The fourth-order valence-electron chi connectivity index (χ4n) is 3.25. The molecule has 0 aliphatic rings. The van der Waals surface area contributed by atoms with Crippen molar-refractivity contribution in [3.63, 3.8) is 0 Å². The highest BCUT2D eigenvalue weighted by Crippen LogP contribution is 2.37. The maximum atomic E-state index is 13.3. The van der Waals surface area contributed by atoms with E-state index in [0.717, 1.165) is 23.3 Å². The second-order valence-electron chi connectivity index (χ2n) is 7.49. The van der Waals surface area contributed by atoms with Gasteiger partial charge >= 0.3 is 0 Å². The predicted octanol–water partition coefficient (Wildman–Crippen LogP) is 5.39. The lowest BCUT2D eigenvalue weighted by Crippen LogP contribution is -2.22. The van der Waals surface area contributed by atoms with Crippen LogP contribution in [-0.2, 0) is 9.59 Å². The lowest BCUT2D eigenvalue weighted by molar-refractivity contribution is -0.116. The van der Waals surface area contributed by atoms with E-state index in [1.54, 1.807) is 24.3 Å². The zero-order valence-electron chi connectivity index (χ0n) is 18.4. The summed E-state index contributed by atoms with van der Waals surface area (Å²) >= 11 is 1.36. The van der Waals surface area contributed by atoms with Gasteiger partial charge in [0.15, 0.2) is 0 Å². The number of unbranched alkanes of at least 4 members (excludes halogenated alkanes) is 1. The number of anilines is 2. The average Bonchev–Trinajstić information content (AvgIpc) is 2.82. The number of para-hydroxylation sites is 1. The van der Waals surface area contributed by atoms with Crippen molar-refractivity contribution >= 4 is 40.9 Å². The summed E-state index contributed by atoms with van der Waals surface area (Å²) in [4.78, 5) is 38.0. The molecule has 33 heavy (non-hydrogen) atoms. The Morgan fingerprint density at radius 2 is 1.64 bits per heavy atom. The first kappa shape index (κ1) is 24.1. The lowest BCUT2D eigenvalue weighted by Gasteiger charge is -2.18. The van der Waals surface area contributed by atoms with Gasteiger partial charge in [0.25, 0.3) is 5.91 Å². The number of nitrogens with two attached hydrogens (primary N) is 1. The number of carbonyl (C=O) groups is 3. The molecule has 0 spiro atoms. The predicted molar refractivity (Wildman–Crippen MR) is 133 cm³/mol. The lowest BCUT2D eigenvalue weighted by atomic mass is 10.1. The molecule has 170 valence electrons. The van der Waals surface area contributed by atoms with Crippen molar-refractivity contribution in [3.05, 3.63) is 90.0 Å². The quantitative estimate of drug-likeness (QED) is 0.353. The molecule has 0 aromatic heterocycles. The third-order valence-corrected chi connectivity index (χ3v) is 6.17. The topological polar surface area (TPSA) is 101 Å². The number of carbonyl (C=O) groups excluding carboxylic acids is 3. The SMILES string of the molecule is CCCCC(=O)Nc1cccc(SC(C(=O)Nc2ccccc2C(N)=O)c2ccccc2)c1. The standard InChI is InChI=1S/C26H27N3O3S/c1-2-3-16-23(30)28-19-12-9-13-20(17-19)33-24(18-10-5-4-6-11-18)26(32)29-22-15-8-7-14-21(22)25(27)31/h4-15,17,24H,2-3,16H2,1H3,(H2,27,31)(H,28,30)(H,29,32). The molecule has 0 fully saturated rings. The number of nitrogens with one attached hydrogen (secondary N) is 2. The van der Waals surface area contributed by atoms with E-state index in [1.807, 2.05) is 61.5 Å². The molecule has 6 nitrogen and oxygen atoms in total. The van der Waals surface area contributed by atoms with Crippen LogP contribution in [0.5, 0.6) is 0 Å². The van der Waals surface area contributed by atoms with Gasteiger partial charge in [-0.3, -0.25) is 14.4 Å². The van der Waals surface area contributed by atoms with Crippen LogP contribution in [0, 0.1) is 0 Å². The van der Waals surface area contributed by atoms with Crippen LogP contribution < -0.4 is 16.4 Å². The largest absolute Gasteiger partial charge is 0.366 e. The molecule has 4 N–H and O–H groups in total. The van der Waals surface area contributed by atoms with Gasteiger partial charge in [0, 0.05) is 17.0 Å². The van der Waals surface area contributed by atoms with E-state index in [2.05, 4.69) is 10.6 Å². The number of thioether (sulfide) groups is 1. The molecular weight excluding hydrogens is 434 g/mol. The molecule has 0 bridgehead atoms. The van der Waals surface area contributed by atoms with Crippen LogP contribution in [0.2, 0.25) is 0 Å². The highest BCUT2D eigenvalue weighted by molar-refractivity contribution is 8.00. The van der Waals surface area contributed by atoms with E-state index >= 15 is 0 Å². The number of primary amides is 1. The summed E-state index contributed by atoms with van der Waals surface area (Å²) in [7, 11) is 0. The maximum absolute atomic E-state index is 13.3. The van der Waals surface area contributed by atoms with E-state index in [-0.39, 0.29) is 17.4 Å². The minimum atomic E-state index is -0.610. The Hall–Kier alpha value is -3.58. The molecule has 3 aromatic carbocycles. The van der Waals surface area contributed by atoms with Gasteiger partial charge in [-0.1, -0.05) is 61.9 Å². The highest BCUT2D eigenvalue weighted by atomic mass is 32.2. The monoisotopic (exact) mass is 461 g/mol. The highest BCUT2D eigenvalue weighted by Gasteiger charge is 2.23. The average molecular weight is 462 g/mol. The van der Waals surface area contributed by atoms with E-state index < -0.39 is 11.2 Å². The van der Waals surface area contributed by atoms with Gasteiger partial charge < -0.3 is 16.4 Å². The maximum Gasteiger partial charge on any atom is 0.250 e. The first-order chi connectivity index (χ1) is 16.0. The molecule has 0 aliphatic carbocycles. The molecule has 3 rings (SSSR count). The summed E-state index contributed by atoms with van der Waals surface area (Å²) in [6.07, 6.45) is 2.27. The number of rotatable bonds is 10. The molecule has 3 amide bonds. The Bertz CT molecular complexity index is 1120. The molecule has 0 saturated carbocycles. The summed E-state index contributed by atoms with van der Waals surface area (Å²) in [5, 5.41) is 5.18. The molecule has 0 saturated heterocycles. The van der Waals surface area contributed by atoms with Crippen LogP contribution in [0.1, 0.15) is 47.4 Å². The van der Waals surface area contributed by atoms with Crippen LogP contribution in [0.25, 0.3) is 0 Å². The molecule has 1 unspecified atom stereocenters. The van der Waals surface area contributed by atoms with Gasteiger partial charge in [-0.05, 0) is 42.3 Å². The van der Waals surface area contributed by atoms with Crippen molar-refractivity contribution in [1.82, 2.24) is 0 Å². The van der Waals surface area contributed by atoms with Crippen molar-refractivity contribution < 1.29 is 14.4 Å². The van der Waals surface area contributed by atoms with Crippen molar-refractivity contribution in [1.29, 1.82) is 0 Å². The van der Waals surface area contributed by atoms with Crippen LogP contribution in [-0.4, -0.2) is 17.7 Å². The number of hydrogen-bond acceptors (Lipinski definition) is 4. The molecule has 3 aromatic rings. The van der Waals surface area contributed by atoms with Gasteiger partial charge in [-0.25, -0.2) is 0 Å². The van der Waals surface area contributed by atoms with E-state index in [4.69, 9.17) is 5.73 Å². The minimum Gasteiger partial charge on any atom is -0.366 e. The second-order valence-corrected chi connectivity index (χ2v) is 8.67. The minimum absolute atomic E-state index is 0.0283. The van der Waals surface area contributed by atoms with Gasteiger partial charge in [-0.15, -0.1) is 11.8 Å². The smallest absolute Gasteiger partial charge is 0.250 e. The molecule has 0 radical (unpaired) electrons. The second kappa shape index (κ2) is 11.9. The van der Waals surface area contributed by atoms with Crippen molar-refractivity contribution in [2.75, 3.05) is 10.6 Å². The summed E-state index contributed by atoms with van der Waals surface area (Å²) in [5.74, 6) is -0.918. The number of amides is 3. The molecule has 0 heterocycles. The summed E-state index contributed by atoms with van der Waals surface area (Å²) < 4.78 is 0. The Morgan fingerprint density at radius 3 is 2.36 bits per heavy atom. The normalized spacial score (nSPS) is 11.4. The van der Waals surface area contributed by atoms with Crippen LogP contribution in [0.15, 0.2) is 83.8 Å². The first-order valence-corrected chi connectivity index (χ1v) is 11.7. The number of benzene rings is 3. The molecule has 7 heteroatoms. The summed E-state index contributed by atoms with van der Waals surface area (Å²) in [6, 6.07) is 23.5. The Labute approximate surface area is 198 Å². The van der Waals surface area contributed by atoms with Gasteiger partial charge in [0.1, 0.15) is 5.25 Å². The number of hydrogen-bond donors (Lipinski definition) is 3. The van der Waals surface area contributed by atoms with E-state index in [1.165, 1.54) is 11.8 Å².